The van der Waals surface area contributed by atoms with Crippen molar-refractivity contribution < 1.29 is 29.3 Å². The Labute approximate surface area is 192 Å². The van der Waals surface area contributed by atoms with Crippen LogP contribution in [-0.2, 0) is 16.1 Å². The lowest BCUT2D eigenvalue weighted by Gasteiger charge is -2.16. The zero-order valence-electron chi connectivity index (χ0n) is 17.8. The summed E-state index contributed by atoms with van der Waals surface area (Å²) in [5, 5.41) is 22.7. The number of carbonyl (C=O) groups is 2. The number of hydrogen-bond acceptors (Lipinski definition) is 10. The number of nitrogens with zero attached hydrogens (tertiary/aromatic N) is 4. The molecule has 0 amide bonds. The molecule has 174 valence electrons. The van der Waals surface area contributed by atoms with E-state index in [1.807, 2.05) is 18.2 Å². The Bertz CT molecular complexity index is 1390. The van der Waals surface area contributed by atoms with Gasteiger partial charge in [0.05, 0.1) is 19.5 Å². The van der Waals surface area contributed by atoms with E-state index in [9.17, 15) is 19.8 Å². The molecular formula is C23H21N5O6. The van der Waals surface area contributed by atoms with Crippen LogP contribution in [0.5, 0.6) is 0 Å². The Morgan fingerprint density at radius 2 is 1.79 bits per heavy atom. The minimum Gasteiger partial charge on any atom is -0.387 e. The second kappa shape index (κ2) is 8.88. The lowest BCUT2D eigenvalue weighted by atomic mass is 10.0. The van der Waals surface area contributed by atoms with Crippen molar-refractivity contribution in [2.45, 2.75) is 31.1 Å². The van der Waals surface area contributed by atoms with Crippen LogP contribution in [0.1, 0.15) is 32.5 Å². The third kappa shape index (κ3) is 3.80. The van der Waals surface area contributed by atoms with Gasteiger partial charge >= 0.3 is 0 Å². The van der Waals surface area contributed by atoms with E-state index < -0.39 is 24.5 Å². The maximum atomic E-state index is 11.2. The lowest BCUT2D eigenvalue weighted by Crippen LogP contribution is -2.33. The van der Waals surface area contributed by atoms with Gasteiger partial charge in [0.15, 0.2) is 30.3 Å². The monoisotopic (exact) mass is 463 g/mol. The molecule has 5 rings (SSSR count). The minimum absolute atomic E-state index is 0.0280. The Balaban J connectivity index is 1.27. The highest BCUT2D eigenvalue weighted by Gasteiger charge is 2.44. The fraction of sp³-hybridized carbons (Fsp3) is 0.261. The smallest absolute Gasteiger partial charge is 0.167 e. The van der Waals surface area contributed by atoms with E-state index >= 15 is 0 Å². The van der Waals surface area contributed by atoms with Crippen molar-refractivity contribution in [3.05, 3.63) is 59.7 Å². The summed E-state index contributed by atoms with van der Waals surface area (Å²) < 4.78 is 13.1. The van der Waals surface area contributed by atoms with Gasteiger partial charge in [0, 0.05) is 11.1 Å². The topological polar surface area (TPSA) is 163 Å². The molecule has 4 atom stereocenters. The van der Waals surface area contributed by atoms with Crippen molar-refractivity contribution in [1.29, 1.82) is 0 Å². The van der Waals surface area contributed by atoms with Gasteiger partial charge in [-0.1, -0.05) is 12.1 Å². The molecule has 4 N–H and O–H groups in total. The van der Waals surface area contributed by atoms with Gasteiger partial charge in [0.1, 0.15) is 30.2 Å². The van der Waals surface area contributed by atoms with Gasteiger partial charge in [-0.15, -0.1) is 0 Å². The number of aliphatic hydroxyl groups is 2. The summed E-state index contributed by atoms with van der Waals surface area (Å²) in [6.07, 6.45) is -0.0913. The molecule has 1 saturated heterocycles. The number of nitrogen functional groups attached to an aromatic ring is 1. The quantitative estimate of drug-likeness (QED) is 0.337. The molecule has 0 saturated carbocycles. The summed E-state index contributed by atoms with van der Waals surface area (Å²) in [5.74, 6) is 0.203. The van der Waals surface area contributed by atoms with Crippen LogP contribution in [-0.4, -0.2) is 67.2 Å². The predicted octanol–water partition coefficient (Wildman–Crippen LogP) is 1.02. The molecule has 0 bridgehead atoms. The molecule has 4 unspecified atom stereocenters. The SMILES string of the molecule is Nc1ncnc2c1ncn2C1OC(COCc2ccc3cc(C=O)c(C=O)cc3c2)C(O)C1O. The van der Waals surface area contributed by atoms with Gasteiger partial charge in [0.25, 0.3) is 0 Å². The van der Waals surface area contributed by atoms with Crippen LogP contribution >= 0.6 is 0 Å². The van der Waals surface area contributed by atoms with E-state index in [-0.39, 0.29) is 19.0 Å². The second-order valence-corrected chi connectivity index (χ2v) is 8.04. The average Bonchev–Trinajstić information content (AvgIpc) is 3.40. The van der Waals surface area contributed by atoms with Crippen LogP contribution in [0.4, 0.5) is 5.82 Å². The molecule has 2 aromatic heterocycles. The summed E-state index contributed by atoms with van der Waals surface area (Å²) in [6.45, 7) is 0.243. The van der Waals surface area contributed by atoms with Gasteiger partial charge in [-0.2, -0.15) is 0 Å². The van der Waals surface area contributed by atoms with E-state index in [0.29, 0.717) is 34.9 Å². The highest BCUT2D eigenvalue weighted by molar-refractivity contribution is 5.98. The first-order valence-corrected chi connectivity index (χ1v) is 10.5. The lowest BCUT2D eigenvalue weighted by molar-refractivity contribution is -0.0682. The first-order chi connectivity index (χ1) is 16.5. The number of aldehydes is 2. The number of ether oxygens (including phenoxy) is 2. The van der Waals surface area contributed by atoms with Crippen LogP contribution in [0.15, 0.2) is 43.0 Å². The van der Waals surface area contributed by atoms with E-state index in [1.54, 1.807) is 12.1 Å². The maximum absolute atomic E-state index is 11.2. The fourth-order valence-electron chi connectivity index (χ4n) is 4.12. The molecule has 4 aromatic rings. The van der Waals surface area contributed by atoms with Crippen LogP contribution in [0, 0.1) is 0 Å². The Morgan fingerprint density at radius 1 is 1.03 bits per heavy atom. The third-order valence-electron chi connectivity index (χ3n) is 5.91. The summed E-state index contributed by atoms with van der Waals surface area (Å²) >= 11 is 0. The highest BCUT2D eigenvalue weighted by atomic mass is 16.6. The molecule has 1 aliphatic heterocycles. The number of hydrogen-bond donors (Lipinski definition) is 3. The van der Waals surface area contributed by atoms with Crippen molar-refractivity contribution in [2.75, 3.05) is 12.3 Å². The number of fused-ring (bicyclic) bond motifs is 2. The van der Waals surface area contributed by atoms with Crippen molar-refractivity contribution in [3.63, 3.8) is 0 Å². The molecule has 11 heteroatoms. The van der Waals surface area contributed by atoms with Crippen LogP contribution in [0.2, 0.25) is 0 Å². The van der Waals surface area contributed by atoms with E-state index in [0.717, 1.165) is 16.3 Å². The Morgan fingerprint density at radius 3 is 2.56 bits per heavy atom. The van der Waals surface area contributed by atoms with Gasteiger partial charge in [-0.3, -0.25) is 14.2 Å². The number of aliphatic hydroxyl groups excluding tert-OH is 2. The van der Waals surface area contributed by atoms with E-state index in [2.05, 4.69) is 15.0 Å². The van der Waals surface area contributed by atoms with Crippen molar-refractivity contribution in [2.24, 2.45) is 0 Å². The first-order valence-electron chi connectivity index (χ1n) is 10.5. The minimum atomic E-state index is -1.23. The van der Waals surface area contributed by atoms with Crippen LogP contribution < -0.4 is 5.73 Å². The van der Waals surface area contributed by atoms with Crippen LogP contribution in [0.3, 0.4) is 0 Å². The Hall–Kier alpha value is -3.77. The standard InChI is InChI=1S/C23H21N5O6/c24-21-18-22(26-10-25-21)28(11-27-18)23-20(32)19(31)17(34-23)9-33-8-12-1-2-13-4-15(6-29)16(7-30)5-14(13)3-12/h1-7,10-11,17,19-20,23,31-32H,8-9H2,(H2,24,25,26). The number of benzene rings is 2. The first kappa shape index (κ1) is 22.0. The number of nitrogens with two attached hydrogens (primary N) is 1. The zero-order chi connectivity index (χ0) is 23.8. The Kier molecular flexibility index (Phi) is 5.75. The highest BCUT2D eigenvalue weighted by Crippen LogP contribution is 2.32. The summed E-state index contributed by atoms with van der Waals surface area (Å²) in [5.41, 5.74) is 8.07. The maximum Gasteiger partial charge on any atom is 0.167 e. The van der Waals surface area contributed by atoms with E-state index in [4.69, 9.17) is 15.2 Å². The molecule has 1 fully saturated rings. The number of rotatable bonds is 7. The number of aromatic nitrogens is 4. The zero-order valence-corrected chi connectivity index (χ0v) is 17.8. The number of carbonyl (C=O) groups excluding carboxylic acids is 2. The number of anilines is 1. The second-order valence-electron chi connectivity index (χ2n) is 8.04. The van der Waals surface area contributed by atoms with Crippen molar-refractivity contribution in [1.82, 2.24) is 19.5 Å². The molecule has 0 aliphatic carbocycles. The molecular weight excluding hydrogens is 442 g/mol. The summed E-state index contributed by atoms with van der Waals surface area (Å²) in [7, 11) is 0. The van der Waals surface area contributed by atoms with Gasteiger partial charge < -0.3 is 25.4 Å². The van der Waals surface area contributed by atoms with Crippen molar-refractivity contribution >= 4 is 40.3 Å². The normalized spacial score (nSPS) is 22.4. The van der Waals surface area contributed by atoms with Gasteiger partial charge in [0.2, 0.25) is 0 Å². The molecule has 2 aromatic carbocycles. The largest absolute Gasteiger partial charge is 0.387 e. The average molecular weight is 463 g/mol. The molecule has 11 nitrogen and oxygen atoms in total. The molecule has 1 aliphatic rings. The third-order valence-corrected chi connectivity index (χ3v) is 5.91. The van der Waals surface area contributed by atoms with Crippen LogP contribution in [0.25, 0.3) is 21.9 Å². The summed E-state index contributed by atoms with van der Waals surface area (Å²) in [6, 6.07) is 8.88. The van der Waals surface area contributed by atoms with Gasteiger partial charge in [-0.05, 0) is 34.5 Å². The predicted molar refractivity (Wildman–Crippen MR) is 120 cm³/mol. The number of imidazole rings is 1. The van der Waals surface area contributed by atoms with E-state index in [1.165, 1.54) is 17.2 Å². The van der Waals surface area contributed by atoms with Crippen molar-refractivity contribution in [3.8, 4) is 0 Å². The fourth-order valence-corrected chi connectivity index (χ4v) is 4.12. The van der Waals surface area contributed by atoms with Gasteiger partial charge in [-0.25, -0.2) is 15.0 Å². The molecule has 3 heterocycles. The summed E-state index contributed by atoms with van der Waals surface area (Å²) in [4.78, 5) is 34.6. The molecule has 0 spiro atoms. The molecule has 0 radical (unpaired) electrons. The molecule has 34 heavy (non-hydrogen) atoms.